The number of hydrogen-bond acceptors (Lipinski definition) is 3. The highest BCUT2D eigenvalue weighted by Crippen LogP contribution is 2.32. The summed E-state index contributed by atoms with van der Waals surface area (Å²) in [4.78, 5) is 15.7. The van der Waals surface area contributed by atoms with Gasteiger partial charge in [0.15, 0.2) is 5.78 Å². The maximum absolute atomic E-state index is 13.1. The summed E-state index contributed by atoms with van der Waals surface area (Å²) in [5.41, 5.74) is -1.68. The zero-order chi connectivity index (χ0) is 14.9. The van der Waals surface area contributed by atoms with Gasteiger partial charge < -0.3 is 0 Å². The van der Waals surface area contributed by atoms with Gasteiger partial charge in [-0.05, 0) is 18.2 Å². The van der Waals surface area contributed by atoms with E-state index >= 15 is 0 Å². The van der Waals surface area contributed by atoms with Crippen LogP contribution in [0.2, 0.25) is 0 Å². The van der Waals surface area contributed by atoms with E-state index in [-0.39, 0.29) is 12.0 Å². The van der Waals surface area contributed by atoms with Gasteiger partial charge in [-0.2, -0.15) is 18.3 Å². The molecule has 0 atom stereocenters. The van der Waals surface area contributed by atoms with Crippen LogP contribution in [0.15, 0.2) is 24.5 Å². The van der Waals surface area contributed by atoms with Crippen molar-refractivity contribution in [1.82, 2.24) is 14.8 Å². The average Bonchev–Trinajstić information content (AvgIpc) is 2.74. The van der Waals surface area contributed by atoms with E-state index in [0.717, 1.165) is 6.07 Å². The summed E-state index contributed by atoms with van der Waals surface area (Å²) in [5, 5.41) is 3.75. The van der Waals surface area contributed by atoms with Crippen LogP contribution >= 0.6 is 0 Å². The topological polar surface area (TPSA) is 47.8 Å². The van der Waals surface area contributed by atoms with Crippen molar-refractivity contribution in [3.63, 3.8) is 0 Å². The number of aryl methyl sites for hydroxylation is 1. The first-order valence-corrected chi connectivity index (χ1v) is 5.52. The number of rotatable bonds is 3. The molecule has 20 heavy (non-hydrogen) atoms. The van der Waals surface area contributed by atoms with Gasteiger partial charge in [-0.15, -0.1) is 0 Å². The second-order valence-electron chi connectivity index (χ2n) is 4.09. The summed E-state index contributed by atoms with van der Waals surface area (Å²) in [7, 11) is 1.56. The summed E-state index contributed by atoms with van der Waals surface area (Å²) < 4.78 is 52.1. The molecule has 1 heterocycles. The van der Waals surface area contributed by atoms with Gasteiger partial charge in [-0.25, -0.2) is 9.37 Å². The molecule has 2 rings (SSSR count). The zero-order valence-corrected chi connectivity index (χ0v) is 10.3. The van der Waals surface area contributed by atoms with Crippen molar-refractivity contribution in [2.75, 3.05) is 0 Å². The molecule has 0 aliphatic carbocycles. The minimum atomic E-state index is -4.84. The monoisotopic (exact) mass is 287 g/mol. The fraction of sp³-hybridized carbons (Fsp3) is 0.250. The second-order valence-corrected chi connectivity index (χ2v) is 4.09. The van der Waals surface area contributed by atoms with Crippen molar-refractivity contribution >= 4 is 5.78 Å². The van der Waals surface area contributed by atoms with E-state index in [1.54, 1.807) is 7.05 Å². The van der Waals surface area contributed by atoms with Crippen LogP contribution in [0.25, 0.3) is 0 Å². The third kappa shape index (κ3) is 2.84. The number of alkyl halides is 3. The molecule has 106 valence electrons. The highest BCUT2D eigenvalue weighted by atomic mass is 19.4. The maximum Gasteiger partial charge on any atom is 0.419 e. The molecule has 0 spiro atoms. The molecule has 8 heteroatoms. The molecule has 0 radical (unpaired) electrons. The molecule has 1 aromatic heterocycles. The van der Waals surface area contributed by atoms with Gasteiger partial charge in [-0.3, -0.25) is 9.48 Å². The Morgan fingerprint density at radius 3 is 2.60 bits per heavy atom. The highest BCUT2D eigenvalue weighted by Gasteiger charge is 2.34. The summed E-state index contributed by atoms with van der Waals surface area (Å²) in [6.45, 7) is 0. The Balaban J connectivity index is 2.29. The van der Waals surface area contributed by atoms with E-state index in [9.17, 15) is 22.4 Å². The molecule has 0 aliphatic rings. The van der Waals surface area contributed by atoms with Crippen molar-refractivity contribution in [2.24, 2.45) is 7.05 Å². The Labute approximate surface area is 111 Å². The smallest absolute Gasteiger partial charge is 0.294 e. The number of Topliss-reactive ketones (excluding diaryl/α,β-unsaturated/α-hetero) is 1. The molecule has 0 saturated carbocycles. The normalized spacial score (nSPS) is 11.7. The Morgan fingerprint density at radius 2 is 2.05 bits per heavy atom. The Kier molecular flexibility index (Phi) is 3.56. The number of aromatic nitrogens is 3. The van der Waals surface area contributed by atoms with Crippen LogP contribution in [0.1, 0.15) is 21.7 Å². The van der Waals surface area contributed by atoms with Crippen LogP contribution in [0.3, 0.4) is 0 Å². The number of hydrogen-bond donors (Lipinski definition) is 0. The van der Waals surface area contributed by atoms with Gasteiger partial charge in [0.05, 0.1) is 12.0 Å². The molecular formula is C12H9F4N3O. The SMILES string of the molecule is Cn1ncnc1CC(=O)c1ccc(F)c(C(F)(F)F)c1. The summed E-state index contributed by atoms with van der Waals surface area (Å²) >= 11 is 0. The van der Waals surface area contributed by atoms with Crippen molar-refractivity contribution in [1.29, 1.82) is 0 Å². The number of ketones is 1. The molecule has 4 nitrogen and oxygen atoms in total. The van der Waals surface area contributed by atoms with Gasteiger partial charge in [-0.1, -0.05) is 0 Å². The Hall–Kier alpha value is -2.25. The van der Waals surface area contributed by atoms with Crippen LogP contribution in [0, 0.1) is 5.82 Å². The number of carbonyl (C=O) groups is 1. The minimum absolute atomic E-state index is 0.209. The number of nitrogens with zero attached hydrogens (tertiary/aromatic N) is 3. The van der Waals surface area contributed by atoms with Gasteiger partial charge in [0.2, 0.25) is 0 Å². The zero-order valence-electron chi connectivity index (χ0n) is 10.3. The highest BCUT2D eigenvalue weighted by molar-refractivity contribution is 5.97. The molecule has 1 aromatic carbocycles. The van der Waals surface area contributed by atoms with Crippen LogP contribution < -0.4 is 0 Å². The Morgan fingerprint density at radius 1 is 1.35 bits per heavy atom. The lowest BCUT2D eigenvalue weighted by molar-refractivity contribution is -0.140. The number of carbonyl (C=O) groups excluding carboxylic acids is 1. The minimum Gasteiger partial charge on any atom is -0.294 e. The van der Waals surface area contributed by atoms with Crippen molar-refractivity contribution in [2.45, 2.75) is 12.6 Å². The van der Waals surface area contributed by atoms with Gasteiger partial charge in [0.25, 0.3) is 0 Å². The van der Waals surface area contributed by atoms with Gasteiger partial charge >= 0.3 is 6.18 Å². The average molecular weight is 287 g/mol. The fourth-order valence-electron chi connectivity index (χ4n) is 1.64. The van der Waals surface area contributed by atoms with Crippen molar-refractivity contribution in [3.05, 3.63) is 47.3 Å². The molecule has 0 bridgehead atoms. The lowest BCUT2D eigenvalue weighted by Crippen LogP contribution is -2.13. The van der Waals surface area contributed by atoms with Crippen LogP contribution in [-0.2, 0) is 19.6 Å². The number of halogens is 4. The molecule has 2 aromatic rings. The lowest BCUT2D eigenvalue weighted by atomic mass is 10.0. The largest absolute Gasteiger partial charge is 0.419 e. The predicted molar refractivity (Wildman–Crippen MR) is 60.4 cm³/mol. The molecule has 0 aliphatic heterocycles. The third-order valence-electron chi connectivity index (χ3n) is 2.72. The molecule has 0 saturated heterocycles. The van der Waals surface area contributed by atoms with Crippen LogP contribution in [0.4, 0.5) is 17.6 Å². The Bertz CT molecular complexity index is 648. The van der Waals surface area contributed by atoms with Crippen molar-refractivity contribution in [3.8, 4) is 0 Å². The first-order chi connectivity index (χ1) is 9.29. The van der Waals surface area contributed by atoms with E-state index in [1.807, 2.05) is 0 Å². The standard InChI is InChI=1S/C12H9F4N3O/c1-19-11(17-6-18-19)5-10(20)7-2-3-9(13)8(4-7)12(14,15)16/h2-4,6H,5H2,1H3. The molecule has 0 N–H and O–H groups in total. The number of benzene rings is 1. The van der Waals surface area contributed by atoms with E-state index in [0.29, 0.717) is 18.0 Å². The molecule has 0 fully saturated rings. The summed E-state index contributed by atoms with van der Waals surface area (Å²) in [5.74, 6) is -1.69. The van der Waals surface area contributed by atoms with E-state index in [4.69, 9.17) is 0 Å². The van der Waals surface area contributed by atoms with Crippen LogP contribution in [0.5, 0.6) is 0 Å². The first-order valence-electron chi connectivity index (χ1n) is 5.52. The quantitative estimate of drug-likeness (QED) is 0.643. The molecule has 0 amide bonds. The lowest BCUT2D eigenvalue weighted by Gasteiger charge is -2.09. The first kappa shape index (κ1) is 14.2. The third-order valence-corrected chi connectivity index (χ3v) is 2.72. The second kappa shape index (κ2) is 5.03. The van der Waals surface area contributed by atoms with E-state index in [2.05, 4.69) is 10.1 Å². The van der Waals surface area contributed by atoms with E-state index in [1.165, 1.54) is 11.0 Å². The molecular weight excluding hydrogens is 278 g/mol. The van der Waals surface area contributed by atoms with Gasteiger partial charge in [0.1, 0.15) is 18.0 Å². The van der Waals surface area contributed by atoms with Gasteiger partial charge in [0, 0.05) is 12.6 Å². The molecule has 0 unspecified atom stereocenters. The maximum atomic E-state index is 13.1. The van der Waals surface area contributed by atoms with Crippen molar-refractivity contribution < 1.29 is 22.4 Å². The van der Waals surface area contributed by atoms with E-state index < -0.39 is 23.3 Å². The van der Waals surface area contributed by atoms with Crippen LogP contribution in [-0.4, -0.2) is 20.5 Å². The fourth-order valence-corrected chi connectivity index (χ4v) is 1.64. The summed E-state index contributed by atoms with van der Waals surface area (Å²) in [6, 6.07) is 2.16. The summed E-state index contributed by atoms with van der Waals surface area (Å²) in [6.07, 6.45) is -3.82. The predicted octanol–water partition coefficient (Wildman–Crippen LogP) is 2.40.